The Bertz CT molecular complexity index is 523. The predicted octanol–water partition coefficient (Wildman–Crippen LogP) is 4.13. The zero-order valence-corrected chi connectivity index (χ0v) is 11.3. The van der Waals surface area contributed by atoms with Gasteiger partial charge in [-0.15, -0.1) is 0 Å². The summed E-state index contributed by atoms with van der Waals surface area (Å²) in [6.45, 7) is 0. The van der Waals surface area contributed by atoms with E-state index in [4.69, 9.17) is 9.47 Å². The molecule has 0 radical (unpaired) electrons. The van der Waals surface area contributed by atoms with E-state index in [1.807, 2.05) is 42.5 Å². The Morgan fingerprint density at radius 3 is 2.18 bits per heavy atom. The largest absolute Gasteiger partial charge is 0.496 e. The van der Waals surface area contributed by atoms with Crippen LogP contribution in [0.2, 0.25) is 0 Å². The topological polar surface area (TPSA) is 18.5 Å². The average Bonchev–Trinajstić information content (AvgIpc) is 2.38. The number of hydrogen-bond donors (Lipinski definition) is 0. The molecule has 88 valence electrons. The van der Waals surface area contributed by atoms with Crippen molar-refractivity contribution in [2.45, 2.75) is 0 Å². The van der Waals surface area contributed by atoms with Crippen molar-refractivity contribution in [2.24, 2.45) is 0 Å². The molecule has 0 saturated carbocycles. The van der Waals surface area contributed by atoms with Gasteiger partial charge in [-0.1, -0.05) is 34.1 Å². The molecular formula is C14H13BrO2. The first-order valence-corrected chi connectivity index (χ1v) is 6.02. The van der Waals surface area contributed by atoms with Gasteiger partial charge in [0, 0.05) is 15.6 Å². The monoisotopic (exact) mass is 292 g/mol. The Hall–Kier alpha value is -1.48. The molecule has 3 heteroatoms. The zero-order valence-electron chi connectivity index (χ0n) is 9.74. The molecule has 0 heterocycles. The molecule has 0 fully saturated rings. The van der Waals surface area contributed by atoms with Gasteiger partial charge in [0.1, 0.15) is 11.5 Å². The van der Waals surface area contributed by atoms with Gasteiger partial charge < -0.3 is 9.47 Å². The summed E-state index contributed by atoms with van der Waals surface area (Å²) in [6, 6.07) is 13.8. The molecule has 0 aliphatic rings. The van der Waals surface area contributed by atoms with Gasteiger partial charge in [-0.3, -0.25) is 0 Å². The second-order valence-corrected chi connectivity index (χ2v) is 4.46. The minimum atomic E-state index is 0.823. The van der Waals surface area contributed by atoms with Crippen molar-refractivity contribution in [1.82, 2.24) is 0 Å². The molecule has 0 spiro atoms. The number of ether oxygens (including phenoxy) is 2. The molecule has 0 saturated heterocycles. The standard InChI is InChI=1S/C14H13BrO2/c1-16-13-6-4-3-5-11(13)12-8-7-10(15)9-14(12)17-2/h3-9H,1-2H3. The van der Waals surface area contributed by atoms with Crippen LogP contribution in [0.25, 0.3) is 11.1 Å². The summed E-state index contributed by atoms with van der Waals surface area (Å²) in [5.74, 6) is 1.66. The van der Waals surface area contributed by atoms with Crippen molar-refractivity contribution in [1.29, 1.82) is 0 Å². The van der Waals surface area contributed by atoms with Crippen LogP contribution in [0.5, 0.6) is 11.5 Å². The molecule has 0 aliphatic carbocycles. The number of rotatable bonds is 3. The summed E-state index contributed by atoms with van der Waals surface area (Å²) < 4.78 is 11.8. The summed E-state index contributed by atoms with van der Waals surface area (Å²) in [5.41, 5.74) is 2.05. The van der Waals surface area contributed by atoms with Crippen LogP contribution < -0.4 is 9.47 Å². The van der Waals surface area contributed by atoms with Crippen LogP contribution in [0, 0.1) is 0 Å². The fourth-order valence-electron chi connectivity index (χ4n) is 1.75. The van der Waals surface area contributed by atoms with Gasteiger partial charge in [0.2, 0.25) is 0 Å². The van der Waals surface area contributed by atoms with Crippen LogP contribution in [0.1, 0.15) is 0 Å². The maximum absolute atomic E-state index is 5.39. The Morgan fingerprint density at radius 1 is 0.824 bits per heavy atom. The van der Waals surface area contributed by atoms with E-state index in [0.717, 1.165) is 27.1 Å². The molecule has 0 N–H and O–H groups in total. The lowest BCUT2D eigenvalue weighted by atomic mass is 10.0. The highest BCUT2D eigenvalue weighted by molar-refractivity contribution is 9.10. The van der Waals surface area contributed by atoms with Gasteiger partial charge in [0.05, 0.1) is 14.2 Å². The van der Waals surface area contributed by atoms with Crippen molar-refractivity contribution >= 4 is 15.9 Å². The van der Waals surface area contributed by atoms with E-state index in [2.05, 4.69) is 15.9 Å². The van der Waals surface area contributed by atoms with Crippen LogP contribution >= 0.6 is 15.9 Å². The highest BCUT2D eigenvalue weighted by atomic mass is 79.9. The van der Waals surface area contributed by atoms with Crippen LogP contribution in [0.3, 0.4) is 0 Å². The fraction of sp³-hybridized carbons (Fsp3) is 0.143. The van der Waals surface area contributed by atoms with Gasteiger partial charge in [-0.2, -0.15) is 0 Å². The predicted molar refractivity (Wildman–Crippen MR) is 72.7 cm³/mol. The highest BCUT2D eigenvalue weighted by Crippen LogP contribution is 2.37. The maximum atomic E-state index is 5.39. The number of methoxy groups -OCH3 is 2. The maximum Gasteiger partial charge on any atom is 0.127 e. The van der Waals surface area contributed by atoms with Crippen LogP contribution in [-0.2, 0) is 0 Å². The van der Waals surface area contributed by atoms with Crippen molar-refractivity contribution in [3.63, 3.8) is 0 Å². The molecule has 0 amide bonds. The summed E-state index contributed by atoms with van der Waals surface area (Å²) in [5, 5.41) is 0. The Kier molecular flexibility index (Phi) is 3.69. The van der Waals surface area contributed by atoms with E-state index in [1.54, 1.807) is 14.2 Å². The van der Waals surface area contributed by atoms with E-state index >= 15 is 0 Å². The summed E-state index contributed by atoms with van der Waals surface area (Å²) in [7, 11) is 3.34. The van der Waals surface area contributed by atoms with Crippen LogP contribution in [0.15, 0.2) is 46.9 Å². The third kappa shape index (κ3) is 2.44. The second kappa shape index (κ2) is 5.23. The Labute approximate surface area is 109 Å². The molecule has 2 nitrogen and oxygen atoms in total. The molecule has 0 atom stereocenters. The normalized spacial score (nSPS) is 10.1. The van der Waals surface area contributed by atoms with E-state index in [9.17, 15) is 0 Å². The first-order valence-electron chi connectivity index (χ1n) is 5.23. The van der Waals surface area contributed by atoms with Crippen molar-refractivity contribution in [3.05, 3.63) is 46.9 Å². The van der Waals surface area contributed by atoms with Crippen molar-refractivity contribution in [2.75, 3.05) is 14.2 Å². The van der Waals surface area contributed by atoms with Gasteiger partial charge >= 0.3 is 0 Å². The third-order valence-corrected chi connectivity index (χ3v) is 3.05. The number of benzene rings is 2. The molecule has 0 bridgehead atoms. The summed E-state index contributed by atoms with van der Waals surface area (Å²) in [6.07, 6.45) is 0. The smallest absolute Gasteiger partial charge is 0.127 e. The third-order valence-electron chi connectivity index (χ3n) is 2.56. The van der Waals surface area contributed by atoms with Gasteiger partial charge in [0.15, 0.2) is 0 Å². The van der Waals surface area contributed by atoms with Crippen LogP contribution in [-0.4, -0.2) is 14.2 Å². The van der Waals surface area contributed by atoms with E-state index < -0.39 is 0 Å². The zero-order chi connectivity index (χ0) is 12.3. The molecule has 2 aromatic carbocycles. The van der Waals surface area contributed by atoms with Gasteiger partial charge in [-0.25, -0.2) is 0 Å². The number of para-hydroxylation sites is 1. The SMILES string of the molecule is COc1ccccc1-c1ccc(Br)cc1OC. The fourth-order valence-corrected chi connectivity index (χ4v) is 2.09. The minimum absolute atomic E-state index is 0.823. The summed E-state index contributed by atoms with van der Waals surface area (Å²) >= 11 is 3.43. The van der Waals surface area contributed by atoms with Gasteiger partial charge in [-0.05, 0) is 24.3 Å². The first-order chi connectivity index (χ1) is 8.26. The minimum Gasteiger partial charge on any atom is -0.496 e. The Morgan fingerprint density at radius 2 is 1.47 bits per heavy atom. The second-order valence-electron chi connectivity index (χ2n) is 3.54. The molecule has 0 aliphatic heterocycles. The first kappa shape index (κ1) is 12.0. The molecule has 0 aromatic heterocycles. The van der Waals surface area contributed by atoms with Crippen molar-refractivity contribution in [3.8, 4) is 22.6 Å². The van der Waals surface area contributed by atoms with Crippen molar-refractivity contribution < 1.29 is 9.47 Å². The molecule has 0 unspecified atom stereocenters. The van der Waals surface area contributed by atoms with E-state index in [1.165, 1.54) is 0 Å². The quantitative estimate of drug-likeness (QED) is 0.847. The van der Waals surface area contributed by atoms with Crippen LogP contribution in [0.4, 0.5) is 0 Å². The summed E-state index contributed by atoms with van der Waals surface area (Å²) in [4.78, 5) is 0. The van der Waals surface area contributed by atoms with E-state index in [0.29, 0.717) is 0 Å². The van der Waals surface area contributed by atoms with Gasteiger partial charge in [0.25, 0.3) is 0 Å². The highest BCUT2D eigenvalue weighted by Gasteiger charge is 2.10. The lowest BCUT2D eigenvalue weighted by molar-refractivity contribution is 0.410. The number of halogens is 1. The molecular weight excluding hydrogens is 280 g/mol. The Balaban J connectivity index is 2.59. The average molecular weight is 293 g/mol. The molecule has 2 aromatic rings. The number of hydrogen-bond acceptors (Lipinski definition) is 2. The van der Waals surface area contributed by atoms with E-state index in [-0.39, 0.29) is 0 Å². The lowest BCUT2D eigenvalue weighted by Crippen LogP contribution is -1.91. The molecule has 2 rings (SSSR count). The lowest BCUT2D eigenvalue weighted by Gasteiger charge is -2.12. The molecule has 17 heavy (non-hydrogen) atoms.